The molecule has 0 saturated heterocycles. The van der Waals surface area contributed by atoms with Crippen molar-refractivity contribution >= 4 is 20.0 Å². The predicted octanol–water partition coefficient (Wildman–Crippen LogP) is 3.88. The minimum atomic E-state index is -3.23. The molecule has 1 rings (SSSR count). The summed E-state index contributed by atoms with van der Waals surface area (Å²) in [5, 5.41) is 4.17. The lowest BCUT2D eigenvalue weighted by Crippen LogP contribution is -2.20. The summed E-state index contributed by atoms with van der Waals surface area (Å²) in [6.07, 6.45) is 3.41. The molecule has 0 aromatic heterocycles. The van der Waals surface area contributed by atoms with Crippen LogP contribution in [-0.2, 0) is 28.0 Å². The fourth-order valence-electron chi connectivity index (χ4n) is 3.13. The van der Waals surface area contributed by atoms with Crippen molar-refractivity contribution in [3.63, 3.8) is 0 Å². The molecule has 0 heterocycles. The molecule has 34 heavy (non-hydrogen) atoms. The average molecular weight is 530 g/mol. The van der Waals surface area contributed by atoms with Gasteiger partial charge in [0, 0.05) is 17.5 Å². The van der Waals surface area contributed by atoms with Gasteiger partial charge < -0.3 is 33.3 Å². The van der Waals surface area contributed by atoms with Crippen LogP contribution < -0.4 is 0 Å². The second-order valence-electron chi connectivity index (χ2n) is 9.00. The Balaban J connectivity index is 1.94. The molecule has 0 spiro atoms. The number of nitrogens with zero attached hydrogens (tertiary/aromatic N) is 1. The number of nitroso groups, excluding NO2 is 1. The summed E-state index contributed by atoms with van der Waals surface area (Å²) in [7, 11) is -5.65. The number of hydrogen-bond acceptors (Lipinski definition) is 9. The normalized spacial score (nSPS) is 18.5. The molecule has 0 radical (unpaired) electrons. The van der Waals surface area contributed by atoms with Crippen molar-refractivity contribution in [2.75, 3.05) is 65.6 Å². The molecule has 0 bridgehead atoms. The fourth-order valence-corrected chi connectivity index (χ4v) is 6.84. The molecule has 0 aromatic rings. The third kappa shape index (κ3) is 12.2. The van der Waals surface area contributed by atoms with Gasteiger partial charge in [0.05, 0.1) is 59.5 Å². The molecule has 1 fully saturated rings. The molecule has 0 amide bonds. The highest BCUT2D eigenvalue weighted by atomic mass is 31.2. The summed E-state index contributed by atoms with van der Waals surface area (Å²) in [6, 6.07) is -0.633. The van der Waals surface area contributed by atoms with E-state index in [0.29, 0.717) is 52.9 Å². The second kappa shape index (κ2) is 17.3. The maximum atomic E-state index is 11.9. The molecule has 0 aromatic carbocycles. The van der Waals surface area contributed by atoms with Crippen LogP contribution in [0.2, 0.25) is 0 Å². The van der Waals surface area contributed by atoms with Crippen LogP contribution in [0.15, 0.2) is 5.18 Å². The first-order chi connectivity index (χ1) is 16.1. The maximum absolute atomic E-state index is 11.9. The van der Waals surface area contributed by atoms with E-state index in [9.17, 15) is 19.3 Å². The Morgan fingerprint density at radius 2 is 1.32 bits per heavy atom. The van der Waals surface area contributed by atoms with Crippen LogP contribution in [0.5, 0.6) is 0 Å². The lowest BCUT2D eigenvalue weighted by molar-refractivity contribution is -0.00579. The molecule has 12 heteroatoms. The first-order valence-corrected chi connectivity index (χ1v) is 15.8. The Morgan fingerprint density at radius 1 is 0.824 bits per heavy atom. The Kier molecular flexibility index (Phi) is 16.2. The molecule has 2 N–H and O–H groups in total. The van der Waals surface area contributed by atoms with Crippen molar-refractivity contribution in [3.8, 4) is 0 Å². The van der Waals surface area contributed by atoms with Crippen LogP contribution in [0.1, 0.15) is 53.4 Å². The molecule has 10 nitrogen and oxygen atoms in total. The molecule has 1 aliphatic carbocycles. The first-order valence-electron chi connectivity index (χ1n) is 12.2. The van der Waals surface area contributed by atoms with E-state index >= 15 is 0 Å². The Hall–Kier alpha value is -0.150. The summed E-state index contributed by atoms with van der Waals surface area (Å²) in [6.45, 7) is 10.7. The van der Waals surface area contributed by atoms with Crippen molar-refractivity contribution in [1.82, 2.24) is 0 Å². The summed E-state index contributed by atoms with van der Waals surface area (Å²) in [5.74, 6) is 0. The maximum Gasteiger partial charge on any atom is 0.203 e. The Labute approximate surface area is 204 Å². The van der Waals surface area contributed by atoms with Crippen molar-refractivity contribution < 1.29 is 37.8 Å². The van der Waals surface area contributed by atoms with Crippen LogP contribution in [0, 0.1) is 4.91 Å². The van der Waals surface area contributed by atoms with E-state index in [-0.39, 0.29) is 30.5 Å². The summed E-state index contributed by atoms with van der Waals surface area (Å²) < 4.78 is 39.5. The quantitative estimate of drug-likeness (QED) is 0.129. The predicted molar refractivity (Wildman–Crippen MR) is 136 cm³/mol. The highest BCUT2D eigenvalue weighted by Gasteiger charge is 2.28. The van der Waals surface area contributed by atoms with Crippen LogP contribution >= 0.6 is 14.7 Å². The van der Waals surface area contributed by atoms with E-state index in [1.807, 2.05) is 13.8 Å². The van der Waals surface area contributed by atoms with E-state index in [2.05, 4.69) is 5.18 Å². The topological polar surface area (TPSA) is 133 Å². The monoisotopic (exact) mass is 529 g/mol. The van der Waals surface area contributed by atoms with Gasteiger partial charge in [0.1, 0.15) is 13.4 Å². The zero-order valence-corrected chi connectivity index (χ0v) is 23.0. The SMILES string of the molecule is CC(C)P(=O)(O)CCC(COCCOCCOCCOCCOP(O)(=C1CCC1)C(C)C)N=O. The lowest BCUT2D eigenvalue weighted by atomic mass is 10.0. The van der Waals surface area contributed by atoms with Gasteiger partial charge in [-0.05, 0) is 31.0 Å². The highest BCUT2D eigenvalue weighted by molar-refractivity contribution is 7.67. The van der Waals surface area contributed by atoms with Crippen molar-refractivity contribution in [2.24, 2.45) is 5.18 Å². The minimum absolute atomic E-state index is 0.0656. The number of rotatable bonds is 21. The van der Waals surface area contributed by atoms with Gasteiger partial charge in [0.15, 0.2) is 0 Å². The van der Waals surface area contributed by atoms with Crippen LogP contribution in [-0.4, -0.2) is 98.1 Å². The minimum Gasteiger partial charge on any atom is -0.377 e. The summed E-state index contributed by atoms with van der Waals surface area (Å²) >= 11 is 0. The van der Waals surface area contributed by atoms with E-state index in [4.69, 9.17) is 23.5 Å². The molecule has 202 valence electrons. The molecule has 1 aliphatic rings. The zero-order valence-electron chi connectivity index (χ0n) is 21.2. The lowest BCUT2D eigenvalue weighted by Gasteiger charge is -2.32. The van der Waals surface area contributed by atoms with Gasteiger partial charge in [-0.25, -0.2) is 0 Å². The van der Waals surface area contributed by atoms with Gasteiger partial charge in [-0.3, -0.25) is 4.57 Å². The molecular formula is C22H45NO9P2. The highest BCUT2D eigenvalue weighted by Crippen LogP contribution is 2.54. The first kappa shape index (κ1) is 31.9. The number of ether oxygens (including phenoxy) is 4. The summed E-state index contributed by atoms with van der Waals surface area (Å²) in [4.78, 5) is 31.5. The fraction of sp³-hybridized carbons (Fsp3) is 0.955. The van der Waals surface area contributed by atoms with Crippen LogP contribution in [0.25, 0.3) is 0 Å². The van der Waals surface area contributed by atoms with E-state index < -0.39 is 20.8 Å². The zero-order chi connectivity index (χ0) is 25.5. The summed E-state index contributed by atoms with van der Waals surface area (Å²) in [5.41, 5.74) is -0.207. The Morgan fingerprint density at radius 3 is 1.74 bits per heavy atom. The van der Waals surface area contributed by atoms with Gasteiger partial charge in [-0.2, -0.15) is 4.91 Å². The van der Waals surface area contributed by atoms with Gasteiger partial charge in [-0.15, -0.1) is 0 Å². The van der Waals surface area contributed by atoms with Gasteiger partial charge in [0.2, 0.25) is 7.37 Å². The van der Waals surface area contributed by atoms with Gasteiger partial charge in [0.25, 0.3) is 0 Å². The van der Waals surface area contributed by atoms with Crippen molar-refractivity contribution in [1.29, 1.82) is 0 Å². The van der Waals surface area contributed by atoms with E-state index in [1.165, 1.54) is 5.29 Å². The third-order valence-corrected chi connectivity index (χ3v) is 11.6. The second-order valence-corrected chi connectivity index (χ2v) is 15.2. The third-order valence-electron chi connectivity index (χ3n) is 5.76. The van der Waals surface area contributed by atoms with Crippen LogP contribution in [0.3, 0.4) is 0 Å². The molecule has 1 saturated carbocycles. The molecule has 0 aliphatic heterocycles. The smallest absolute Gasteiger partial charge is 0.203 e. The molecule has 3 atom stereocenters. The van der Waals surface area contributed by atoms with Crippen LogP contribution in [0.4, 0.5) is 0 Å². The average Bonchev–Trinajstić information content (AvgIpc) is 2.74. The van der Waals surface area contributed by atoms with E-state index in [0.717, 1.165) is 19.3 Å². The van der Waals surface area contributed by atoms with Crippen molar-refractivity contribution in [2.45, 2.75) is 70.7 Å². The van der Waals surface area contributed by atoms with Gasteiger partial charge in [-0.1, -0.05) is 32.9 Å². The van der Waals surface area contributed by atoms with Gasteiger partial charge >= 0.3 is 0 Å². The number of hydrogen-bond donors (Lipinski definition) is 2. The van der Waals surface area contributed by atoms with Crippen molar-refractivity contribution in [3.05, 3.63) is 4.91 Å². The standard InChI is InChI=1S/C22H45NO9P2/c1-19(2)33(25,26)17-8-21(23-24)18-31-14-13-29-10-9-28-11-12-30-15-16-32-34(27,20(3)4)22-6-5-7-22/h19-21,27H,5-18H2,1-4H3,(H,25,26). The van der Waals surface area contributed by atoms with E-state index in [1.54, 1.807) is 13.8 Å². The molecular weight excluding hydrogens is 484 g/mol. The Bertz CT molecular complexity index is 667. The molecule has 3 unspecified atom stereocenters. The largest absolute Gasteiger partial charge is 0.377 e.